The van der Waals surface area contributed by atoms with Crippen LogP contribution in [-0.4, -0.2) is 52.1 Å². The topological polar surface area (TPSA) is 60.9 Å². The average Bonchev–Trinajstić information content (AvgIpc) is 2.61. The molecule has 2 aliphatic rings. The van der Waals surface area contributed by atoms with Gasteiger partial charge in [0.1, 0.15) is 6.04 Å². The van der Waals surface area contributed by atoms with Crippen LogP contribution >= 0.6 is 0 Å². The van der Waals surface area contributed by atoms with Gasteiger partial charge >= 0.3 is 6.09 Å². The van der Waals surface area contributed by atoms with Crippen LogP contribution < -0.4 is 0 Å². The van der Waals surface area contributed by atoms with E-state index >= 15 is 0 Å². The maximum atomic E-state index is 12.7. The van der Waals surface area contributed by atoms with E-state index in [1.54, 1.807) is 0 Å². The molecule has 1 N–H and O–H groups in total. The second kappa shape index (κ2) is 6.38. The molecule has 2 aliphatic heterocycles. The van der Waals surface area contributed by atoms with Crippen LogP contribution in [0.2, 0.25) is 0 Å². The van der Waals surface area contributed by atoms with Gasteiger partial charge in [-0.2, -0.15) is 0 Å². The number of nitrogens with zero attached hydrogens (tertiary/aromatic N) is 2. The average molecular weight is 302 g/mol. The molecule has 0 spiro atoms. The molecule has 3 rings (SSSR count). The highest BCUT2D eigenvalue weighted by Crippen LogP contribution is 2.29. The standard InChI is InChI=1S/C17H22N2O3/c20-16-15-8-4-7-14(19(15)17(21)22)10-12-18(16)11-9-13-5-2-1-3-6-13/h1-3,5-6,14-15H,4,7-12H2,(H,21,22). The Bertz CT molecular complexity index is 546. The van der Waals surface area contributed by atoms with E-state index in [2.05, 4.69) is 12.1 Å². The van der Waals surface area contributed by atoms with Crippen molar-refractivity contribution in [2.45, 2.75) is 44.2 Å². The third kappa shape index (κ3) is 2.93. The highest BCUT2D eigenvalue weighted by atomic mass is 16.4. The van der Waals surface area contributed by atoms with Crippen LogP contribution in [0.1, 0.15) is 31.2 Å². The number of benzene rings is 1. The first-order valence-electron chi connectivity index (χ1n) is 8.01. The van der Waals surface area contributed by atoms with Gasteiger partial charge in [-0.15, -0.1) is 0 Å². The molecular weight excluding hydrogens is 280 g/mol. The van der Waals surface area contributed by atoms with Crippen molar-refractivity contribution in [3.8, 4) is 0 Å². The summed E-state index contributed by atoms with van der Waals surface area (Å²) in [4.78, 5) is 27.5. The molecule has 1 aromatic carbocycles. The van der Waals surface area contributed by atoms with E-state index in [1.165, 1.54) is 10.5 Å². The van der Waals surface area contributed by atoms with E-state index < -0.39 is 12.1 Å². The highest BCUT2D eigenvalue weighted by molar-refractivity contribution is 5.86. The van der Waals surface area contributed by atoms with E-state index in [4.69, 9.17) is 0 Å². The van der Waals surface area contributed by atoms with Gasteiger partial charge in [-0.3, -0.25) is 9.69 Å². The van der Waals surface area contributed by atoms with Crippen LogP contribution in [0.15, 0.2) is 30.3 Å². The zero-order valence-electron chi connectivity index (χ0n) is 12.6. The van der Waals surface area contributed by atoms with Crippen molar-refractivity contribution in [1.82, 2.24) is 9.80 Å². The largest absolute Gasteiger partial charge is 0.465 e. The summed E-state index contributed by atoms with van der Waals surface area (Å²) in [5.74, 6) is -0.0134. The molecule has 2 atom stereocenters. The molecule has 0 aromatic heterocycles. The van der Waals surface area contributed by atoms with Crippen molar-refractivity contribution in [2.24, 2.45) is 0 Å². The molecular formula is C17H22N2O3. The van der Waals surface area contributed by atoms with Crippen molar-refractivity contribution in [3.63, 3.8) is 0 Å². The Labute approximate surface area is 130 Å². The van der Waals surface area contributed by atoms with E-state index in [0.717, 1.165) is 25.7 Å². The van der Waals surface area contributed by atoms with Crippen LogP contribution in [0.25, 0.3) is 0 Å². The van der Waals surface area contributed by atoms with Crippen LogP contribution in [0, 0.1) is 0 Å². The minimum absolute atomic E-state index is 0.00178. The molecule has 0 saturated carbocycles. The summed E-state index contributed by atoms with van der Waals surface area (Å²) in [5, 5.41) is 9.44. The molecule has 5 heteroatoms. The minimum Gasteiger partial charge on any atom is -0.465 e. The number of fused-ring (bicyclic) bond motifs is 2. The molecule has 2 saturated heterocycles. The number of rotatable bonds is 3. The lowest BCUT2D eigenvalue weighted by molar-refractivity contribution is -0.136. The molecule has 2 bridgehead atoms. The number of hydrogen-bond donors (Lipinski definition) is 1. The molecule has 0 radical (unpaired) electrons. The Hall–Kier alpha value is -2.04. The van der Waals surface area contributed by atoms with Gasteiger partial charge < -0.3 is 10.0 Å². The smallest absolute Gasteiger partial charge is 0.408 e. The van der Waals surface area contributed by atoms with Gasteiger partial charge in [-0.1, -0.05) is 30.3 Å². The molecule has 118 valence electrons. The maximum absolute atomic E-state index is 12.7. The first-order valence-corrected chi connectivity index (χ1v) is 8.01. The fourth-order valence-electron chi connectivity index (χ4n) is 3.65. The van der Waals surface area contributed by atoms with Gasteiger partial charge in [0, 0.05) is 19.1 Å². The third-order valence-corrected chi connectivity index (χ3v) is 4.81. The van der Waals surface area contributed by atoms with Crippen LogP contribution in [0.3, 0.4) is 0 Å². The molecule has 0 aliphatic carbocycles. The summed E-state index contributed by atoms with van der Waals surface area (Å²) in [6, 6.07) is 9.62. The molecule has 2 unspecified atom stereocenters. The summed E-state index contributed by atoms with van der Waals surface area (Å²) in [6.45, 7) is 1.33. The quantitative estimate of drug-likeness (QED) is 0.932. The number of hydrogen-bond acceptors (Lipinski definition) is 2. The highest BCUT2D eigenvalue weighted by Gasteiger charge is 2.42. The Kier molecular flexibility index (Phi) is 4.32. The molecule has 5 nitrogen and oxygen atoms in total. The first-order chi connectivity index (χ1) is 10.7. The van der Waals surface area contributed by atoms with Crippen molar-refractivity contribution < 1.29 is 14.7 Å². The second-order valence-corrected chi connectivity index (χ2v) is 6.14. The maximum Gasteiger partial charge on any atom is 0.408 e. The zero-order chi connectivity index (χ0) is 15.5. The fourth-order valence-corrected chi connectivity index (χ4v) is 3.65. The van der Waals surface area contributed by atoms with Crippen LogP contribution in [0.4, 0.5) is 4.79 Å². The summed E-state index contributed by atoms with van der Waals surface area (Å²) in [6.07, 6.45) is 3.09. The first kappa shape index (κ1) is 14.9. The molecule has 2 fully saturated rings. The normalized spacial score (nSPS) is 25.0. The summed E-state index contributed by atoms with van der Waals surface area (Å²) in [7, 11) is 0. The SMILES string of the molecule is O=C1C2CCCC(CCN1CCc1ccccc1)N2C(=O)O. The number of piperidine rings is 1. The molecule has 22 heavy (non-hydrogen) atoms. The molecule has 2 heterocycles. The zero-order valence-corrected chi connectivity index (χ0v) is 12.6. The molecule has 2 amide bonds. The summed E-state index contributed by atoms with van der Waals surface area (Å²) in [5.41, 5.74) is 1.21. The van der Waals surface area contributed by atoms with Gasteiger partial charge in [0.15, 0.2) is 0 Å². The van der Waals surface area contributed by atoms with E-state index in [9.17, 15) is 14.7 Å². The number of carbonyl (C=O) groups is 2. The predicted octanol–water partition coefficient (Wildman–Crippen LogP) is 2.36. The van der Waals surface area contributed by atoms with Gasteiger partial charge in [0.2, 0.25) is 5.91 Å². The monoisotopic (exact) mass is 302 g/mol. The van der Waals surface area contributed by atoms with Gasteiger partial charge in [0.25, 0.3) is 0 Å². The number of amides is 2. The lowest BCUT2D eigenvalue weighted by Gasteiger charge is -2.37. The lowest BCUT2D eigenvalue weighted by atomic mass is 9.95. The van der Waals surface area contributed by atoms with Crippen LogP contribution in [0.5, 0.6) is 0 Å². The second-order valence-electron chi connectivity index (χ2n) is 6.14. The van der Waals surface area contributed by atoms with E-state index in [-0.39, 0.29) is 11.9 Å². The van der Waals surface area contributed by atoms with Crippen molar-refractivity contribution in [1.29, 1.82) is 0 Å². The minimum atomic E-state index is -0.951. The van der Waals surface area contributed by atoms with Crippen molar-refractivity contribution >= 4 is 12.0 Å². The van der Waals surface area contributed by atoms with Gasteiger partial charge in [-0.05, 0) is 37.7 Å². The van der Waals surface area contributed by atoms with Gasteiger partial charge in [0.05, 0.1) is 0 Å². The van der Waals surface area contributed by atoms with E-state index in [0.29, 0.717) is 19.5 Å². The third-order valence-electron chi connectivity index (χ3n) is 4.81. The molecule has 1 aromatic rings. The Morgan fingerprint density at radius 1 is 1.18 bits per heavy atom. The lowest BCUT2D eigenvalue weighted by Crippen LogP contribution is -2.53. The van der Waals surface area contributed by atoms with Crippen molar-refractivity contribution in [3.05, 3.63) is 35.9 Å². The summed E-state index contributed by atoms with van der Waals surface area (Å²) >= 11 is 0. The number of carboxylic acid groups (broad SMARTS) is 1. The van der Waals surface area contributed by atoms with Gasteiger partial charge in [-0.25, -0.2) is 4.79 Å². The predicted molar refractivity (Wildman–Crippen MR) is 82.6 cm³/mol. The number of carbonyl (C=O) groups excluding carboxylic acids is 1. The Balaban J connectivity index is 1.71. The fraction of sp³-hybridized carbons (Fsp3) is 0.529. The van der Waals surface area contributed by atoms with Crippen LogP contribution in [-0.2, 0) is 11.2 Å². The van der Waals surface area contributed by atoms with E-state index in [1.807, 2.05) is 23.1 Å². The Morgan fingerprint density at radius 2 is 1.95 bits per heavy atom. The summed E-state index contributed by atoms with van der Waals surface area (Å²) < 4.78 is 0. The Morgan fingerprint density at radius 3 is 2.68 bits per heavy atom. The van der Waals surface area contributed by atoms with Crippen molar-refractivity contribution in [2.75, 3.05) is 13.1 Å².